The summed E-state index contributed by atoms with van der Waals surface area (Å²) in [7, 11) is 0. The molecule has 0 aliphatic heterocycles. The van der Waals surface area contributed by atoms with Gasteiger partial charge in [0.2, 0.25) is 0 Å². The molecule has 2 aromatic carbocycles. The first kappa shape index (κ1) is 20.9. The Morgan fingerprint density at radius 1 is 1.10 bits per heavy atom. The second kappa shape index (κ2) is 8.27. The van der Waals surface area contributed by atoms with E-state index in [0.29, 0.717) is 17.2 Å². The van der Waals surface area contributed by atoms with Crippen molar-refractivity contribution in [1.29, 1.82) is 0 Å². The van der Waals surface area contributed by atoms with E-state index in [4.69, 9.17) is 4.74 Å². The Morgan fingerprint density at radius 3 is 2.53 bits per heavy atom. The molecule has 156 valence electrons. The number of amides is 2. The molecule has 0 unspecified atom stereocenters. The largest absolute Gasteiger partial charge is 0.444 e. The van der Waals surface area contributed by atoms with Gasteiger partial charge < -0.3 is 10.1 Å². The molecule has 2 amide bonds. The third-order valence-electron chi connectivity index (χ3n) is 3.84. The molecule has 30 heavy (non-hydrogen) atoms. The fourth-order valence-electron chi connectivity index (χ4n) is 2.57. The van der Waals surface area contributed by atoms with Crippen LogP contribution >= 0.6 is 0 Å². The van der Waals surface area contributed by atoms with Gasteiger partial charge in [0.05, 0.1) is 11.4 Å². The first-order valence-electron chi connectivity index (χ1n) is 9.09. The van der Waals surface area contributed by atoms with Crippen LogP contribution in [-0.4, -0.2) is 37.8 Å². The van der Waals surface area contributed by atoms with E-state index in [1.165, 1.54) is 28.9 Å². The van der Waals surface area contributed by atoms with Crippen molar-refractivity contribution >= 4 is 23.4 Å². The van der Waals surface area contributed by atoms with Gasteiger partial charge in [-0.15, -0.1) is 5.10 Å². The molecule has 1 heterocycles. The fraction of sp³-hybridized carbons (Fsp3) is 0.250. The monoisotopic (exact) mass is 412 g/mol. The lowest BCUT2D eigenvalue weighted by atomic mass is 10.1. The fourth-order valence-corrected chi connectivity index (χ4v) is 2.57. The van der Waals surface area contributed by atoms with Crippen LogP contribution in [0.4, 0.5) is 20.6 Å². The topological polar surface area (TPSA) is 111 Å². The number of halogens is 1. The number of ether oxygens (including phenoxy) is 1. The highest BCUT2D eigenvalue weighted by molar-refractivity contribution is 6.05. The van der Waals surface area contributed by atoms with Crippen LogP contribution < -0.4 is 10.6 Å². The number of nitrogens with zero attached hydrogens (tertiary/aromatic N) is 4. The second-order valence-corrected chi connectivity index (χ2v) is 7.46. The number of hydrogen-bond donors (Lipinski definition) is 2. The molecular formula is C20H21FN6O3. The Hall–Kier alpha value is -3.82. The van der Waals surface area contributed by atoms with Crippen molar-refractivity contribution in [2.45, 2.75) is 33.3 Å². The third-order valence-corrected chi connectivity index (χ3v) is 3.84. The second-order valence-electron chi connectivity index (χ2n) is 7.46. The average molecular weight is 412 g/mol. The van der Waals surface area contributed by atoms with E-state index in [-0.39, 0.29) is 11.3 Å². The van der Waals surface area contributed by atoms with Crippen molar-refractivity contribution < 1.29 is 18.7 Å². The standard InChI is InChI=1S/C20H21FN6O3/c1-12-24-25-26-27(12)15-8-9-16(21)17(11-15)23-18(28)13-6-5-7-14(10-13)22-19(29)30-20(2,3)4/h5-11H,1-4H3,(H,22,29)(H,23,28). The van der Waals surface area contributed by atoms with Crippen molar-refractivity contribution in [3.8, 4) is 5.69 Å². The zero-order valence-electron chi connectivity index (χ0n) is 16.9. The molecule has 3 aromatic rings. The highest BCUT2D eigenvalue weighted by Crippen LogP contribution is 2.21. The molecule has 0 fully saturated rings. The van der Waals surface area contributed by atoms with E-state index in [1.807, 2.05) is 0 Å². The molecule has 0 saturated carbocycles. The average Bonchev–Trinajstić information content (AvgIpc) is 3.08. The number of carbonyl (C=O) groups excluding carboxylic acids is 2. The van der Waals surface area contributed by atoms with Crippen molar-refractivity contribution in [1.82, 2.24) is 20.2 Å². The number of benzene rings is 2. The van der Waals surface area contributed by atoms with Crippen LogP contribution in [0, 0.1) is 12.7 Å². The quantitative estimate of drug-likeness (QED) is 0.676. The molecule has 0 spiro atoms. The Morgan fingerprint density at radius 2 is 1.87 bits per heavy atom. The van der Waals surface area contributed by atoms with E-state index >= 15 is 0 Å². The molecule has 10 heteroatoms. The summed E-state index contributed by atoms with van der Waals surface area (Å²) in [6.45, 7) is 6.94. The van der Waals surface area contributed by atoms with Gasteiger partial charge in [-0.3, -0.25) is 10.1 Å². The molecule has 9 nitrogen and oxygen atoms in total. The van der Waals surface area contributed by atoms with Gasteiger partial charge in [-0.05, 0) is 74.5 Å². The maximum atomic E-state index is 14.2. The number of anilines is 2. The van der Waals surface area contributed by atoms with E-state index in [2.05, 4.69) is 26.2 Å². The van der Waals surface area contributed by atoms with Crippen LogP contribution in [0.25, 0.3) is 5.69 Å². The molecule has 0 saturated heterocycles. The minimum atomic E-state index is -0.653. The van der Waals surface area contributed by atoms with Gasteiger partial charge in [0.1, 0.15) is 11.4 Å². The molecule has 0 aliphatic carbocycles. The summed E-state index contributed by atoms with van der Waals surface area (Å²) < 4.78 is 20.9. The van der Waals surface area contributed by atoms with Gasteiger partial charge in [-0.2, -0.15) is 4.68 Å². The first-order valence-corrected chi connectivity index (χ1v) is 9.09. The number of aryl methyl sites for hydroxylation is 1. The Bertz CT molecular complexity index is 1090. The molecule has 2 N–H and O–H groups in total. The van der Waals surface area contributed by atoms with Crippen molar-refractivity contribution in [2.24, 2.45) is 0 Å². The smallest absolute Gasteiger partial charge is 0.412 e. The number of rotatable bonds is 4. The van der Waals surface area contributed by atoms with Gasteiger partial charge >= 0.3 is 6.09 Å². The minimum Gasteiger partial charge on any atom is -0.444 e. The van der Waals surface area contributed by atoms with Crippen molar-refractivity contribution in [3.63, 3.8) is 0 Å². The highest BCUT2D eigenvalue weighted by Gasteiger charge is 2.17. The van der Waals surface area contributed by atoms with Crippen LogP contribution in [0.15, 0.2) is 42.5 Å². The zero-order chi connectivity index (χ0) is 21.9. The molecule has 3 rings (SSSR count). The highest BCUT2D eigenvalue weighted by atomic mass is 19.1. The van der Waals surface area contributed by atoms with Crippen LogP contribution in [0.1, 0.15) is 37.0 Å². The first-order chi connectivity index (χ1) is 14.1. The Kier molecular flexibility index (Phi) is 5.77. The van der Waals surface area contributed by atoms with Crippen LogP contribution in [0.3, 0.4) is 0 Å². The normalized spacial score (nSPS) is 11.1. The van der Waals surface area contributed by atoms with Crippen molar-refractivity contribution in [2.75, 3.05) is 10.6 Å². The van der Waals surface area contributed by atoms with Crippen LogP contribution in [0.5, 0.6) is 0 Å². The number of nitrogens with one attached hydrogen (secondary N) is 2. The molecule has 0 aliphatic rings. The predicted molar refractivity (Wildman–Crippen MR) is 108 cm³/mol. The summed E-state index contributed by atoms with van der Waals surface area (Å²) in [4.78, 5) is 24.5. The third kappa shape index (κ3) is 5.16. The SMILES string of the molecule is Cc1nnnn1-c1ccc(F)c(NC(=O)c2cccc(NC(=O)OC(C)(C)C)c2)c1. The lowest BCUT2D eigenvalue weighted by Gasteiger charge is -2.19. The number of tetrazole rings is 1. The lowest BCUT2D eigenvalue weighted by Crippen LogP contribution is -2.27. The molecule has 0 radical (unpaired) electrons. The molecule has 1 aromatic heterocycles. The summed E-state index contributed by atoms with van der Waals surface area (Å²) in [6, 6.07) is 10.4. The van der Waals surface area contributed by atoms with Crippen LogP contribution in [0.2, 0.25) is 0 Å². The van der Waals surface area contributed by atoms with E-state index in [9.17, 15) is 14.0 Å². The summed E-state index contributed by atoms with van der Waals surface area (Å²) in [5.74, 6) is -0.645. The maximum absolute atomic E-state index is 14.2. The van der Waals surface area contributed by atoms with Crippen molar-refractivity contribution in [3.05, 3.63) is 59.7 Å². The summed E-state index contributed by atoms with van der Waals surface area (Å²) in [6.07, 6.45) is -0.643. The Labute approximate surface area is 172 Å². The van der Waals surface area contributed by atoms with Gasteiger partial charge in [0.25, 0.3) is 5.91 Å². The molecule has 0 atom stereocenters. The molecule has 0 bridgehead atoms. The van der Waals surface area contributed by atoms with Gasteiger partial charge in [-0.1, -0.05) is 6.07 Å². The predicted octanol–water partition coefficient (Wildman–Crippen LogP) is 3.71. The van der Waals surface area contributed by atoms with E-state index in [0.717, 1.165) is 0 Å². The van der Waals surface area contributed by atoms with E-state index in [1.54, 1.807) is 45.9 Å². The maximum Gasteiger partial charge on any atom is 0.412 e. The Balaban J connectivity index is 1.77. The number of hydrogen-bond acceptors (Lipinski definition) is 6. The lowest BCUT2D eigenvalue weighted by molar-refractivity contribution is 0.0635. The molecular weight excluding hydrogens is 391 g/mol. The van der Waals surface area contributed by atoms with Crippen LogP contribution in [-0.2, 0) is 4.74 Å². The van der Waals surface area contributed by atoms with E-state index < -0.39 is 23.4 Å². The number of carbonyl (C=O) groups is 2. The van der Waals surface area contributed by atoms with Gasteiger partial charge in [-0.25, -0.2) is 9.18 Å². The minimum absolute atomic E-state index is 0.0297. The summed E-state index contributed by atoms with van der Waals surface area (Å²) in [5, 5.41) is 16.3. The van der Waals surface area contributed by atoms with Gasteiger partial charge in [0.15, 0.2) is 5.82 Å². The summed E-state index contributed by atoms with van der Waals surface area (Å²) >= 11 is 0. The summed E-state index contributed by atoms with van der Waals surface area (Å²) in [5.41, 5.74) is 0.411. The van der Waals surface area contributed by atoms with Gasteiger partial charge in [0, 0.05) is 11.3 Å². The number of aromatic nitrogens is 4. The zero-order valence-corrected chi connectivity index (χ0v) is 16.9.